The largest absolute Gasteiger partial charge is 0.444 e. The molecule has 2 heterocycles. The highest BCUT2D eigenvalue weighted by atomic mass is 16.6. The Hall–Kier alpha value is -0.810. The molecule has 0 aromatic heterocycles. The third kappa shape index (κ3) is 2.72. The molecule has 0 radical (unpaired) electrons. The van der Waals surface area contributed by atoms with Crippen molar-refractivity contribution in [2.24, 2.45) is 11.7 Å². The molecule has 0 aromatic carbocycles. The van der Waals surface area contributed by atoms with Gasteiger partial charge in [-0.1, -0.05) is 0 Å². The van der Waals surface area contributed by atoms with Crippen molar-refractivity contribution < 1.29 is 14.3 Å². The SMILES string of the molecule is CC(C)(C)OC(=O)N1C[C@@H]2CCOC[C@]2(N)C1. The van der Waals surface area contributed by atoms with Gasteiger partial charge in [0.05, 0.1) is 12.1 Å². The Kier molecular flexibility index (Phi) is 3.08. The molecule has 5 heteroatoms. The van der Waals surface area contributed by atoms with Crippen LogP contribution in [0.5, 0.6) is 0 Å². The first-order valence-electron chi connectivity index (χ1n) is 6.15. The second-order valence-corrected chi connectivity index (χ2v) is 6.13. The number of nitrogens with two attached hydrogens (primary N) is 1. The number of carbonyl (C=O) groups excluding carboxylic acids is 1. The van der Waals surface area contributed by atoms with Crippen LogP contribution in [0.2, 0.25) is 0 Å². The molecule has 2 atom stereocenters. The summed E-state index contributed by atoms with van der Waals surface area (Å²) >= 11 is 0. The van der Waals surface area contributed by atoms with Crippen molar-refractivity contribution >= 4 is 6.09 Å². The average Bonchev–Trinajstić information content (AvgIpc) is 2.52. The number of hydrogen-bond acceptors (Lipinski definition) is 4. The summed E-state index contributed by atoms with van der Waals surface area (Å²) < 4.78 is 10.8. The second-order valence-electron chi connectivity index (χ2n) is 6.13. The van der Waals surface area contributed by atoms with E-state index in [2.05, 4.69) is 0 Å². The molecule has 1 amide bonds. The van der Waals surface area contributed by atoms with Crippen molar-refractivity contribution in [2.45, 2.75) is 38.3 Å². The minimum Gasteiger partial charge on any atom is -0.444 e. The maximum absolute atomic E-state index is 12.0. The van der Waals surface area contributed by atoms with Crippen molar-refractivity contribution in [3.05, 3.63) is 0 Å². The summed E-state index contributed by atoms with van der Waals surface area (Å²) in [6.45, 7) is 8.12. The average molecular weight is 242 g/mol. The zero-order chi connectivity index (χ0) is 12.7. The van der Waals surface area contributed by atoms with Crippen LogP contribution < -0.4 is 5.73 Å². The van der Waals surface area contributed by atoms with Gasteiger partial charge in [-0.2, -0.15) is 0 Å². The molecule has 0 saturated carbocycles. The quantitative estimate of drug-likeness (QED) is 0.687. The molecular formula is C12H22N2O3. The molecule has 2 aliphatic heterocycles. The number of ether oxygens (including phenoxy) is 2. The Morgan fingerprint density at radius 2 is 2.24 bits per heavy atom. The summed E-state index contributed by atoms with van der Waals surface area (Å²) in [6.07, 6.45) is 0.659. The molecule has 2 saturated heterocycles. The smallest absolute Gasteiger partial charge is 0.410 e. The molecule has 2 rings (SSSR count). The Labute approximate surface area is 102 Å². The summed E-state index contributed by atoms with van der Waals surface area (Å²) in [6, 6.07) is 0. The van der Waals surface area contributed by atoms with Crippen molar-refractivity contribution in [3.63, 3.8) is 0 Å². The fourth-order valence-electron chi connectivity index (χ4n) is 2.49. The van der Waals surface area contributed by atoms with Crippen molar-refractivity contribution in [3.8, 4) is 0 Å². The van der Waals surface area contributed by atoms with E-state index in [1.165, 1.54) is 0 Å². The van der Waals surface area contributed by atoms with E-state index in [1.807, 2.05) is 20.8 Å². The molecule has 2 aliphatic rings. The predicted molar refractivity (Wildman–Crippen MR) is 63.7 cm³/mol. The summed E-state index contributed by atoms with van der Waals surface area (Å²) in [4.78, 5) is 13.7. The number of rotatable bonds is 0. The van der Waals surface area contributed by atoms with Crippen LogP contribution in [0.3, 0.4) is 0 Å². The number of amides is 1. The zero-order valence-corrected chi connectivity index (χ0v) is 10.9. The van der Waals surface area contributed by atoms with Gasteiger partial charge in [0.25, 0.3) is 0 Å². The maximum Gasteiger partial charge on any atom is 0.410 e. The molecule has 0 spiro atoms. The minimum atomic E-state index is -0.455. The molecule has 98 valence electrons. The van der Waals surface area contributed by atoms with Gasteiger partial charge in [-0.15, -0.1) is 0 Å². The van der Waals surface area contributed by atoms with E-state index in [9.17, 15) is 4.79 Å². The van der Waals surface area contributed by atoms with Crippen LogP contribution in [-0.4, -0.2) is 48.4 Å². The van der Waals surface area contributed by atoms with E-state index in [0.29, 0.717) is 25.6 Å². The van der Waals surface area contributed by atoms with E-state index in [-0.39, 0.29) is 11.6 Å². The lowest BCUT2D eigenvalue weighted by atomic mass is 9.85. The Morgan fingerprint density at radius 3 is 2.82 bits per heavy atom. The zero-order valence-electron chi connectivity index (χ0n) is 10.9. The van der Waals surface area contributed by atoms with Gasteiger partial charge >= 0.3 is 6.09 Å². The highest BCUT2D eigenvalue weighted by Gasteiger charge is 2.47. The molecule has 17 heavy (non-hydrogen) atoms. The molecule has 0 bridgehead atoms. The molecule has 2 N–H and O–H groups in total. The molecule has 0 aromatic rings. The van der Waals surface area contributed by atoms with Gasteiger partial charge in [-0.05, 0) is 27.2 Å². The van der Waals surface area contributed by atoms with Gasteiger partial charge in [0.1, 0.15) is 5.60 Å². The first-order valence-corrected chi connectivity index (χ1v) is 6.15. The van der Waals surface area contributed by atoms with Crippen molar-refractivity contribution in [1.82, 2.24) is 4.90 Å². The lowest BCUT2D eigenvalue weighted by Crippen LogP contribution is -2.54. The lowest BCUT2D eigenvalue weighted by molar-refractivity contribution is 0.0179. The maximum atomic E-state index is 12.0. The topological polar surface area (TPSA) is 64.8 Å². The van der Waals surface area contributed by atoms with Gasteiger partial charge in [0, 0.05) is 25.6 Å². The van der Waals surface area contributed by atoms with Crippen LogP contribution in [0.1, 0.15) is 27.2 Å². The van der Waals surface area contributed by atoms with Crippen molar-refractivity contribution in [2.75, 3.05) is 26.3 Å². The lowest BCUT2D eigenvalue weighted by Gasteiger charge is -2.34. The molecule has 5 nitrogen and oxygen atoms in total. The Morgan fingerprint density at radius 1 is 1.53 bits per heavy atom. The van der Waals surface area contributed by atoms with Gasteiger partial charge in [-0.3, -0.25) is 0 Å². The van der Waals surface area contributed by atoms with Crippen LogP contribution >= 0.6 is 0 Å². The number of carbonyl (C=O) groups is 1. The van der Waals surface area contributed by atoms with E-state index < -0.39 is 5.60 Å². The van der Waals surface area contributed by atoms with E-state index >= 15 is 0 Å². The van der Waals surface area contributed by atoms with Gasteiger partial charge in [0.15, 0.2) is 0 Å². The van der Waals surface area contributed by atoms with E-state index in [0.717, 1.165) is 13.0 Å². The number of fused-ring (bicyclic) bond motifs is 1. The molecule has 0 aliphatic carbocycles. The van der Waals surface area contributed by atoms with Crippen LogP contribution in [0.25, 0.3) is 0 Å². The highest BCUT2D eigenvalue weighted by molar-refractivity contribution is 5.69. The summed E-state index contributed by atoms with van der Waals surface area (Å²) in [5, 5.41) is 0. The highest BCUT2D eigenvalue weighted by Crippen LogP contribution is 2.32. The molecule has 2 fully saturated rings. The predicted octanol–water partition coefficient (Wildman–Crippen LogP) is 0.971. The van der Waals surface area contributed by atoms with Crippen LogP contribution in [0.15, 0.2) is 0 Å². The number of hydrogen-bond donors (Lipinski definition) is 1. The van der Waals surface area contributed by atoms with Gasteiger partial charge in [0.2, 0.25) is 0 Å². The first kappa shape index (κ1) is 12.6. The van der Waals surface area contributed by atoms with Crippen LogP contribution in [-0.2, 0) is 9.47 Å². The first-order chi connectivity index (χ1) is 7.80. The Balaban J connectivity index is 1.99. The van der Waals surface area contributed by atoms with Crippen molar-refractivity contribution in [1.29, 1.82) is 0 Å². The standard InChI is InChI=1S/C12H22N2O3/c1-11(2,3)17-10(15)14-6-9-4-5-16-8-12(9,13)7-14/h9H,4-8,13H2,1-3H3/t9-,12+/m0/s1. The van der Waals surface area contributed by atoms with Crippen LogP contribution in [0.4, 0.5) is 4.79 Å². The molecular weight excluding hydrogens is 220 g/mol. The fraction of sp³-hybridized carbons (Fsp3) is 0.917. The van der Waals surface area contributed by atoms with Crippen LogP contribution in [0, 0.1) is 5.92 Å². The summed E-state index contributed by atoms with van der Waals surface area (Å²) in [5.74, 6) is 0.337. The monoisotopic (exact) mass is 242 g/mol. The minimum absolute atomic E-state index is 0.267. The molecule has 0 unspecified atom stereocenters. The van der Waals surface area contributed by atoms with Gasteiger partial charge < -0.3 is 20.1 Å². The van der Waals surface area contributed by atoms with E-state index in [1.54, 1.807) is 4.90 Å². The second kappa shape index (κ2) is 4.14. The van der Waals surface area contributed by atoms with E-state index in [4.69, 9.17) is 15.2 Å². The summed E-state index contributed by atoms with van der Waals surface area (Å²) in [7, 11) is 0. The Bertz CT molecular complexity index is 313. The number of likely N-dealkylation sites (tertiary alicyclic amines) is 1. The fourth-order valence-corrected chi connectivity index (χ4v) is 2.49. The third-order valence-electron chi connectivity index (χ3n) is 3.37. The normalized spacial score (nSPS) is 33.4. The third-order valence-corrected chi connectivity index (χ3v) is 3.37. The van der Waals surface area contributed by atoms with Gasteiger partial charge in [-0.25, -0.2) is 4.79 Å². The summed E-state index contributed by atoms with van der Waals surface area (Å²) in [5.41, 5.74) is 5.45. The number of nitrogens with zero attached hydrogens (tertiary/aromatic N) is 1.